The van der Waals surface area contributed by atoms with E-state index in [1.807, 2.05) is 6.92 Å². The lowest BCUT2D eigenvalue weighted by Gasteiger charge is -2.07. The van der Waals surface area contributed by atoms with E-state index in [2.05, 4.69) is 10.2 Å². The molecule has 10 nitrogen and oxygen atoms in total. The number of non-ortho nitro benzene ring substituents is 1. The number of nitro benzene ring substituents is 1. The van der Waals surface area contributed by atoms with Gasteiger partial charge in [-0.25, -0.2) is 14.2 Å². The highest BCUT2D eigenvalue weighted by molar-refractivity contribution is 6.02. The number of nitro groups is 1. The summed E-state index contributed by atoms with van der Waals surface area (Å²) in [6.45, 7) is 5.71. The SMILES string of the molecule is CCCn1nc(C(=O)OCC)c2c(C)n(-c3cccc([N+](=O)[O-])c3)nc2c1=O. The van der Waals surface area contributed by atoms with Gasteiger partial charge < -0.3 is 4.74 Å². The monoisotopic (exact) mass is 385 g/mol. The second-order valence-electron chi connectivity index (χ2n) is 6.10. The van der Waals surface area contributed by atoms with Crippen molar-refractivity contribution in [2.75, 3.05) is 6.61 Å². The highest BCUT2D eigenvalue weighted by atomic mass is 16.6. The zero-order valence-electron chi connectivity index (χ0n) is 15.7. The number of aromatic nitrogens is 4. The van der Waals surface area contributed by atoms with Crippen LogP contribution in [0.5, 0.6) is 0 Å². The van der Waals surface area contributed by atoms with E-state index in [1.165, 1.54) is 27.6 Å². The summed E-state index contributed by atoms with van der Waals surface area (Å²) >= 11 is 0. The first kappa shape index (κ1) is 19.2. The van der Waals surface area contributed by atoms with Crippen LogP contribution >= 0.6 is 0 Å². The van der Waals surface area contributed by atoms with Gasteiger partial charge in [-0.15, -0.1) is 0 Å². The maximum Gasteiger partial charge on any atom is 0.359 e. The molecule has 0 aliphatic heterocycles. The molecule has 1 aromatic carbocycles. The van der Waals surface area contributed by atoms with Crippen LogP contribution in [-0.2, 0) is 11.3 Å². The van der Waals surface area contributed by atoms with E-state index in [0.717, 1.165) is 0 Å². The van der Waals surface area contributed by atoms with Gasteiger partial charge in [-0.05, 0) is 26.3 Å². The number of esters is 1. The van der Waals surface area contributed by atoms with Gasteiger partial charge in [0.1, 0.15) is 0 Å². The molecule has 0 N–H and O–H groups in total. The molecule has 3 rings (SSSR count). The number of aryl methyl sites for hydroxylation is 2. The molecular formula is C18H19N5O5. The fraction of sp³-hybridized carbons (Fsp3) is 0.333. The number of ether oxygens (including phenoxy) is 1. The van der Waals surface area contributed by atoms with Crippen molar-refractivity contribution in [1.29, 1.82) is 0 Å². The fourth-order valence-corrected chi connectivity index (χ4v) is 2.97. The van der Waals surface area contributed by atoms with Crippen LogP contribution in [0.1, 0.15) is 36.5 Å². The number of fused-ring (bicyclic) bond motifs is 1. The minimum atomic E-state index is -0.654. The van der Waals surface area contributed by atoms with Gasteiger partial charge in [0.05, 0.1) is 28.3 Å². The van der Waals surface area contributed by atoms with Crippen LogP contribution in [0.4, 0.5) is 5.69 Å². The smallest absolute Gasteiger partial charge is 0.359 e. The van der Waals surface area contributed by atoms with E-state index in [-0.39, 0.29) is 28.9 Å². The Bertz CT molecular complexity index is 1130. The van der Waals surface area contributed by atoms with Crippen LogP contribution in [0.3, 0.4) is 0 Å². The fourth-order valence-electron chi connectivity index (χ4n) is 2.97. The Morgan fingerprint density at radius 3 is 2.68 bits per heavy atom. The lowest BCUT2D eigenvalue weighted by molar-refractivity contribution is -0.384. The molecule has 0 saturated carbocycles. The number of rotatable bonds is 6. The third-order valence-electron chi connectivity index (χ3n) is 4.20. The number of nitrogens with zero attached hydrogens (tertiary/aromatic N) is 5. The molecule has 0 aliphatic rings. The molecule has 28 heavy (non-hydrogen) atoms. The average Bonchev–Trinajstić information content (AvgIpc) is 3.02. The Morgan fingerprint density at radius 1 is 1.29 bits per heavy atom. The van der Waals surface area contributed by atoms with Gasteiger partial charge in [0.15, 0.2) is 11.2 Å². The summed E-state index contributed by atoms with van der Waals surface area (Å²) in [5.41, 5.74) is 0.390. The molecule has 2 heterocycles. The molecule has 0 saturated heterocycles. The lowest BCUT2D eigenvalue weighted by atomic mass is 10.2. The zero-order valence-corrected chi connectivity index (χ0v) is 15.7. The number of carbonyl (C=O) groups is 1. The van der Waals surface area contributed by atoms with E-state index >= 15 is 0 Å². The molecule has 0 radical (unpaired) electrons. The van der Waals surface area contributed by atoms with E-state index in [1.54, 1.807) is 19.9 Å². The van der Waals surface area contributed by atoms with Crippen LogP contribution in [0.25, 0.3) is 16.6 Å². The highest BCUT2D eigenvalue weighted by Crippen LogP contribution is 2.24. The van der Waals surface area contributed by atoms with Gasteiger partial charge in [-0.1, -0.05) is 13.0 Å². The Morgan fingerprint density at radius 2 is 2.04 bits per heavy atom. The molecule has 10 heteroatoms. The van der Waals surface area contributed by atoms with Gasteiger partial charge >= 0.3 is 5.97 Å². The Kier molecular flexibility index (Phi) is 5.21. The first-order valence-corrected chi connectivity index (χ1v) is 8.81. The van der Waals surface area contributed by atoms with Gasteiger partial charge in [0.25, 0.3) is 11.2 Å². The van der Waals surface area contributed by atoms with E-state index < -0.39 is 16.5 Å². The quantitative estimate of drug-likeness (QED) is 0.363. The van der Waals surface area contributed by atoms with Crippen molar-refractivity contribution in [2.45, 2.75) is 33.7 Å². The minimum absolute atomic E-state index is 0.000851. The van der Waals surface area contributed by atoms with Gasteiger partial charge in [0, 0.05) is 18.7 Å². The third kappa shape index (κ3) is 3.24. The standard InChI is InChI=1S/C18H19N5O5/c1-4-9-21-17(24)15-14(16(19-21)18(25)28-5-2)11(3)22(20-15)12-7-6-8-13(10-12)23(26)27/h6-8,10H,4-5,9H2,1-3H3. The highest BCUT2D eigenvalue weighted by Gasteiger charge is 2.24. The number of hydrogen-bond donors (Lipinski definition) is 0. The molecule has 0 aliphatic carbocycles. The summed E-state index contributed by atoms with van der Waals surface area (Å²) in [5.74, 6) is -0.654. The van der Waals surface area contributed by atoms with E-state index in [0.29, 0.717) is 24.3 Å². The topological polar surface area (TPSA) is 122 Å². The van der Waals surface area contributed by atoms with Crippen molar-refractivity contribution in [3.8, 4) is 5.69 Å². The van der Waals surface area contributed by atoms with Crippen molar-refractivity contribution in [3.05, 3.63) is 56.1 Å². The van der Waals surface area contributed by atoms with Crippen molar-refractivity contribution >= 4 is 22.6 Å². The predicted octanol–water partition coefficient (Wildman–Crippen LogP) is 2.39. The molecule has 2 aromatic heterocycles. The number of carbonyl (C=O) groups excluding carboxylic acids is 1. The van der Waals surface area contributed by atoms with Gasteiger partial charge in [-0.3, -0.25) is 14.9 Å². The summed E-state index contributed by atoms with van der Waals surface area (Å²) in [6.07, 6.45) is 0.644. The molecular weight excluding hydrogens is 366 g/mol. The maximum absolute atomic E-state index is 12.8. The summed E-state index contributed by atoms with van der Waals surface area (Å²) in [7, 11) is 0. The first-order chi connectivity index (χ1) is 13.4. The minimum Gasteiger partial charge on any atom is -0.461 e. The number of hydrogen-bond acceptors (Lipinski definition) is 7. The molecule has 146 valence electrons. The second-order valence-corrected chi connectivity index (χ2v) is 6.10. The lowest BCUT2D eigenvalue weighted by Crippen LogP contribution is -2.26. The second kappa shape index (κ2) is 7.59. The van der Waals surface area contributed by atoms with Crippen LogP contribution in [0.2, 0.25) is 0 Å². The van der Waals surface area contributed by atoms with Gasteiger partial charge in [0.2, 0.25) is 0 Å². The first-order valence-electron chi connectivity index (χ1n) is 8.81. The summed E-state index contributed by atoms with van der Waals surface area (Å²) in [4.78, 5) is 35.8. The van der Waals surface area contributed by atoms with Crippen molar-refractivity contribution < 1.29 is 14.5 Å². The average molecular weight is 385 g/mol. The van der Waals surface area contributed by atoms with E-state index in [4.69, 9.17) is 4.74 Å². The zero-order chi connectivity index (χ0) is 20.4. The van der Waals surface area contributed by atoms with Crippen LogP contribution in [-0.4, -0.2) is 37.1 Å². The summed E-state index contributed by atoms with van der Waals surface area (Å²) in [5, 5.41) is 19.9. The molecule has 0 spiro atoms. The van der Waals surface area contributed by atoms with Crippen LogP contribution < -0.4 is 5.56 Å². The summed E-state index contributed by atoms with van der Waals surface area (Å²) < 4.78 is 7.68. The molecule has 0 fully saturated rings. The Labute approximate surface area is 159 Å². The molecule has 0 amide bonds. The predicted molar refractivity (Wildman–Crippen MR) is 101 cm³/mol. The van der Waals surface area contributed by atoms with Crippen molar-refractivity contribution in [2.24, 2.45) is 0 Å². The Balaban J connectivity index is 2.32. The largest absolute Gasteiger partial charge is 0.461 e. The maximum atomic E-state index is 12.8. The molecule has 0 atom stereocenters. The van der Waals surface area contributed by atoms with Gasteiger partial charge in [-0.2, -0.15) is 10.2 Å². The molecule has 0 unspecified atom stereocenters. The number of benzene rings is 1. The van der Waals surface area contributed by atoms with Crippen LogP contribution in [0, 0.1) is 17.0 Å². The van der Waals surface area contributed by atoms with E-state index in [9.17, 15) is 19.7 Å². The normalized spacial score (nSPS) is 11.0. The summed E-state index contributed by atoms with van der Waals surface area (Å²) in [6, 6.07) is 5.87. The van der Waals surface area contributed by atoms with Crippen molar-refractivity contribution in [3.63, 3.8) is 0 Å². The molecule has 0 bridgehead atoms. The molecule has 3 aromatic rings. The Hall–Kier alpha value is -3.56. The third-order valence-corrected chi connectivity index (χ3v) is 4.20. The van der Waals surface area contributed by atoms with Crippen LogP contribution in [0.15, 0.2) is 29.1 Å². The van der Waals surface area contributed by atoms with Crippen molar-refractivity contribution in [1.82, 2.24) is 19.6 Å².